The minimum absolute atomic E-state index is 0.0135. The van der Waals surface area contributed by atoms with E-state index in [2.05, 4.69) is 5.32 Å². The van der Waals surface area contributed by atoms with Gasteiger partial charge in [0.15, 0.2) is 18.1 Å². The molecule has 0 atom stereocenters. The summed E-state index contributed by atoms with van der Waals surface area (Å²) in [6.07, 6.45) is 0. The number of benzene rings is 3. The van der Waals surface area contributed by atoms with Crippen LogP contribution < -0.4 is 19.5 Å². The number of rotatable bonds is 9. The minimum Gasteiger partial charge on any atom is -0.493 e. The molecule has 0 aliphatic carbocycles. The Morgan fingerprint density at radius 3 is 2.40 bits per heavy atom. The summed E-state index contributed by atoms with van der Waals surface area (Å²) in [5.74, 6) is 1.94. The first kappa shape index (κ1) is 24.3. The molecule has 35 heavy (non-hydrogen) atoms. The third kappa shape index (κ3) is 5.81. The minimum atomic E-state index is -0.158. The molecular weight excluding hydrogens is 460 g/mol. The fourth-order valence-corrected chi connectivity index (χ4v) is 4.41. The normalized spacial score (nSPS) is 10.6. The maximum absolute atomic E-state index is 12.2. The van der Waals surface area contributed by atoms with Gasteiger partial charge in [-0.05, 0) is 54.8 Å². The zero-order valence-electron chi connectivity index (χ0n) is 20.3. The zero-order chi connectivity index (χ0) is 24.8. The lowest BCUT2D eigenvalue weighted by molar-refractivity contribution is -0.123. The Hall–Kier alpha value is -3.84. The maximum Gasteiger partial charge on any atom is 0.258 e. The van der Waals surface area contributed by atoms with Crippen LogP contribution in [0.25, 0.3) is 21.8 Å². The maximum atomic E-state index is 12.2. The molecule has 4 aromatic rings. The summed E-state index contributed by atoms with van der Waals surface area (Å²) in [6, 6.07) is 19.6. The van der Waals surface area contributed by atoms with Crippen molar-refractivity contribution < 1.29 is 19.0 Å². The van der Waals surface area contributed by atoms with E-state index in [0.29, 0.717) is 18.0 Å². The van der Waals surface area contributed by atoms with E-state index in [1.165, 1.54) is 0 Å². The second-order valence-corrected chi connectivity index (χ2v) is 8.93. The van der Waals surface area contributed by atoms with Crippen molar-refractivity contribution >= 4 is 17.2 Å². The van der Waals surface area contributed by atoms with E-state index in [1.54, 1.807) is 25.6 Å². The van der Waals surface area contributed by atoms with Crippen LogP contribution in [-0.2, 0) is 11.3 Å². The molecule has 1 amide bonds. The third-order valence-corrected chi connectivity index (χ3v) is 6.68. The number of carbonyl (C=O) groups is 1. The van der Waals surface area contributed by atoms with Crippen molar-refractivity contribution in [3.63, 3.8) is 0 Å². The lowest BCUT2D eigenvalue weighted by Gasteiger charge is -2.11. The molecule has 0 saturated carbocycles. The zero-order valence-corrected chi connectivity index (χ0v) is 21.1. The first-order valence-corrected chi connectivity index (χ1v) is 12.1. The van der Waals surface area contributed by atoms with Gasteiger partial charge in [-0.3, -0.25) is 4.79 Å². The molecule has 3 aromatic carbocycles. The smallest absolute Gasteiger partial charge is 0.258 e. The van der Waals surface area contributed by atoms with Crippen molar-refractivity contribution in [3.05, 3.63) is 82.7 Å². The van der Waals surface area contributed by atoms with Crippen LogP contribution in [0.4, 0.5) is 0 Å². The third-order valence-electron chi connectivity index (χ3n) is 5.79. The summed E-state index contributed by atoms with van der Waals surface area (Å²) in [7, 11) is 3.24. The highest BCUT2D eigenvalue weighted by molar-refractivity contribution is 7.13. The molecule has 0 radical (unpaired) electrons. The average molecular weight is 489 g/mol. The lowest BCUT2D eigenvalue weighted by atomic mass is 10.1. The van der Waals surface area contributed by atoms with Crippen LogP contribution in [0.1, 0.15) is 16.7 Å². The number of methoxy groups -OCH3 is 2. The van der Waals surface area contributed by atoms with E-state index in [4.69, 9.17) is 19.2 Å². The Balaban J connectivity index is 1.34. The highest BCUT2D eigenvalue weighted by atomic mass is 32.1. The number of amides is 1. The number of nitrogens with zero attached hydrogens (tertiary/aromatic N) is 1. The Bertz CT molecular complexity index is 1320. The van der Waals surface area contributed by atoms with Crippen LogP contribution in [-0.4, -0.2) is 31.7 Å². The van der Waals surface area contributed by atoms with E-state index in [9.17, 15) is 4.79 Å². The average Bonchev–Trinajstić information content (AvgIpc) is 3.38. The topological polar surface area (TPSA) is 69.7 Å². The molecule has 1 heterocycles. The van der Waals surface area contributed by atoms with Crippen LogP contribution in [0.2, 0.25) is 0 Å². The van der Waals surface area contributed by atoms with Gasteiger partial charge in [-0.1, -0.05) is 36.4 Å². The summed E-state index contributed by atoms with van der Waals surface area (Å²) in [5, 5.41) is 5.86. The van der Waals surface area contributed by atoms with E-state index in [-0.39, 0.29) is 12.5 Å². The number of hydrogen-bond acceptors (Lipinski definition) is 6. The van der Waals surface area contributed by atoms with Crippen molar-refractivity contribution in [2.75, 3.05) is 20.8 Å². The predicted molar refractivity (Wildman–Crippen MR) is 139 cm³/mol. The van der Waals surface area contributed by atoms with Gasteiger partial charge in [0.2, 0.25) is 0 Å². The molecule has 0 unspecified atom stereocenters. The molecule has 180 valence electrons. The van der Waals surface area contributed by atoms with Crippen molar-refractivity contribution in [1.29, 1.82) is 0 Å². The standard InChI is InChI=1S/C28H28N2O4S/c1-18-6-5-7-24(19(18)2)34-16-27(31)29-15-20-8-10-21(11-9-20)28-30-23(17-35-28)22-12-13-25(32-3)26(14-22)33-4/h5-14,17H,15-16H2,1-4H3,(H,29,31). The van der Waals surface area contributed by atoms with E-state index >= 15 is 0 Å². The number of ether oxygens (including phenoxy) is 3. The van der Waals surface area contributed by atoms with Gasteiger partial charge < -0.3 is 19.5 Å². The van der Waals surface area contributed by atoms with Crippen LogP contribution in [0.5, 0.6) is 17.2 Å². The summed E-state index contributed by atoms with van der Waals surface area (Å²) in [5.41, 5.74) is 6.06. The van der Waals surface area contributed by atoms with E-state index in [0.717, 1.165) is 44.3 Å². The molecular formula is C28H28N2O4S. The number of nitrogens with one attached hydrogen (secondary N) is 1. The van der Waals surface area contributed by atoms with Crippen molar-refractivity contribution in [3.8, 4) is 39.1 Å². The quantitative estimate of drug-likeness (QED) is 0.322. The number of aryl methyl sites for hydroxylation is 1. The van der Waals surface area contributed by atoms with E-state index in [1.807, 2.05) is 79.9 Å². The molecule has 0 bridgehead atoms. The molecule has 1 N–H and O–H groups in total. The molecule has 0 aliphatic heterocycles. The van der Waals surface area contributed by atoms with Crippen LogP contribution in [0, 0.1) is 13.8 Å². The predicted octanol–water partition coefficient (Wildman–Crippen LogP) is 5.81. The largest absolute Gasteiger partial charge is 0.493 e. The number of carbonyl (C=O) groups excluding carboxylic acids is 1. The van der Waals surface area contributed by atoms with Gasteiger partial charge in [0.25, 0.3) is 5.91 Å². The van der Waals surface area contributed by atoms with Gasteiger partial charge in [0, 0.05) is 23.1 Å². The van der Waals surface area contributed by atoms with Gasteiger partial charge in [-0.2, -0.15) is 0 Å². The monoisotopic (exact) mass is 488 g/mol. The number of thiazole rings is 1. The highest BCUT2D eigenvalue weighted by Gasteiger charge is 2.11. The van der Waals surface area contributed by atoms with Gasteiger partial charge in [-0.25, -0.2) is 4.98 Å². The van der Waals surface area contributed by atoms with Crippen molar-refractivity contribution in [2.45, 2.75) is 20.4 Å². The Morgan fingerprint density at radius 2 is 1.66 bits per heavy atom. The van der Waals surface area contributed by atoms with Crippen LogP contribution in [0.15, 0.2) is 66.0 Å². The highest BCUT2D eigenvalue weighted by Crippen LogP contribution is 2.34. The van der Waals surface area contributed by atoms with Crippen LogP contribution >= 0.6 is 11.3 Å². The summed E-state index contributed by atoms with van der Waals surface area (Å²) in [6.45, 7) is 4.43. The number of aromatic nitrogens is 1. The molecule has 0 fully saturated rings. The summed E-state index contributed by atoms with van der Waals surface area (Å²) < 4.78 is 16.4. The van der Waals surface area contributed by atoms with Gasteiger partial charge in [0.05, 0.1) is 19.9 Å². The fraction of sp³-hybridized carbons (Fsp3) is 0.214. The van der Waals surface area contributed by atoms with Crippen LogP contribution in [0.3, 0.4) is 0 Å². The second kappa shape index (κ2) is 11.1. The second-order valence-electron chi connectivity index (χ2n) is 8.07. The lowest BCUT2D eigenvalue weighted by Crippen LogP contribution is -2.28. The molecule has 1 aromatic heterocycles. The van der Waals surface area contributed by atoms with E-state index < -0.39 is 0 Å². The van der Waals surface area contributed by atoms with Gasteiger partial charge in [-0.15, -0.1) is 11.3 Å². The molecule has 4 rings (SSSR count). The fourth-order valence-electron chi connectivity index (χ4n) is 3.58. The Morgan fingerprint density at radius 1 is 0.914 bits per heavy atom. The summed E-state index contributed by atoms with van der Waals surface area (Å²) in [4.78, 5) is 17.0. The summed E-state index contributed by atoms with van der Waals surface area (Å²) >= 11 is 1.58. The molecule has 0 saturated heterocycles. The first-order valence-electron chi connectivity index (χ1n) is 11.2. The molecule has 0 aliphatic rings. The van der Waals surface area contributed by atoms with Gasteiger partial charge in [0.1, 0.15) is 10.8 Å². The first-order chi connectivity index (χ1) is 17.0. The van der Waals surface area contributed by atoms with Crippen molar-refractivity contribution in [2.24, 2.45) is 0 Å². The Kier molecular flexibility index (Phi) is 7.67. The van der Waals surface area contributed by atoms with Gasteiger partial charge >= 0.3 is 0 Å². The molecule has 6 nitrogen and oxygen atoms in total. The van der Waals surface area contributed by atoms with Crippen molar-refractivity contribution in [1.82, 2.24) is 10.3 Å². The molecule has 7 heteroatoms. The molecule has 0 spiro atoms. The Labute approximate surface area is 209 Å². The SMILES string of the molecule is COc1ccc(-c2csc(-c3ccc(CNC(=O)COc4cccc(C)c4C)cc3)n2)cc1OC. The number of hydrogen-bond donors (Lipinski definition) is 1.